The molecule has 11 nitrogen and oxygen atoms in total. The second kappa shape index (κ2) is 16.1. The number of piperazine rings is 1. The Labute approximate surface area is 297 Å². The predicted molar refractivity (Wildman–Crippen MR) is 196 cm³/mol. The molecule has 0 unspecified atom stereocenters. The zero-order valence-electron chi connectivity index (χ0n) is 28.5. The van der Waals surface area contributed by atoms with Gasteiger partial charge in [0.05, 0.1) is 18.8 Å². The van der Waals surface area contributed by atoms with E-state index in [0.29, 0.717) is 17.1 Å². The second-order valence-electron chi connectivity index (χ2n) is 12.8. The van der Waals surface area contributed by atoms with Crippen molar-refractivity contribution in [1.29, 1.82) is 0 Å². The molecule has 2 saturated heterocycles. The number of amides is 2. The van der Waals surface area contributed by atoms with Gasteiger partial charge in [-0.25, -0.2) is 14.8 Å². The van der Waals surface area contributed by atoms with Crippen LogP contribution < -0.4 is 20.3 Å². The normalized spacial score (nSPS) is 20.8. The first-order valence-electron chi connectivity index (χ1n) is 17.3. The maximum Gasteiger partial charge on any atom is 0.323 e. The topological polar surface area (TPSA) is 121 Å². The van der Waals surface area contributed by atoms with Gasteiger partial charge in [0.2, 0.25) is 5.95 Å². The van der Waals surface area contributed by atoms with E-state index in [9.17, 15) is 9.90 Å². The van der Waals surface area contributed by atoms with Crippen LogP contribution in [0, 0.1) is 5.92 Å². The van der Waals surface area contributed by atoms with E-state index < -0.39 is 6.29 Å². The number of aromatic nitrogens is 2. The average molecular weight is 687 g/mol. The van der Waals surface area contributed by atoms with Crippen molar-refractivity contribution in [2.45, 2.75) is 32.0 Å². The third-order valence-corrected chi connectivity index (χ3v) is 9.30. The molecular weight excluding hydrogens is 644 g/mol. The Hall–Kier alpha value is -5.33. The lowest BCUT2D eigenvalue weighted by atomic mass is 9.90. The zero-order chi connectivity index (χ0) is 35.0. The fourth-order valence-electron chi connectivity index (χ4n) is 6.42. The number of para-hydroxylation sites is 1. The number of urea groups is 1. The van der Waals surface area contributed by atoms with Gasteiger partial charge in [-0.05, 0) is 65.7 Å². The van der Waals surface area contributed by atoms with Gasteiger partial charge >= 0.3 is 6.03 Å². The minimum absolute atomic E-state index is 0.00980. The summed E-state index contributed by atoms with van der Waals surface area (Å²) in [5.74, 6) is 2.25. The van der Waals surface area contributed by atoms with Crippen molar-refractivity contribution in [2.24, 2.45) is 5.92 Å². The molecule has 5 aromatic rings. The lowest BCUT2D eigenvalue weighted by molar-refractivity contribution is -0.276. The van der Waals surface area contributed by atoms with Crippen LogP contribution in [0.4, 0.5) is 22.1 Å². The molecule has 0 spiro atoms. The lowest BCUT2D eigenvalue weighted by Gasteiger charge is -2.44. The fraction of sp³-hybridized carbons (Fsp3) is 0.275. The first kappa shape index (κ1) is 34.1. The summed E-state index contributed by atoms with van der Waals surface area (Å²) in [5, 5.41) is 15.4. The number of nitrogens with one attached hydrogen (secondary N) is 2. The van der Waals surface area contributed by atoms with Gasteiger partial charge in [0, 0.05) is 68.0 Å². The summed E-state index contributed by atoms with van der Waals surface area (Å²) in [6.45, 7) is 6.36. The molecule has 0 aliphatic carbocycles. The van der Waals surface area contributed by atoms with Crippen LogP contribution in [0.15, 0.2) is 122 Å². The maximum atomic E-state index is 12.8. The van der Waals surface area contributed by atoms with Crippen molar-refractivity contribution >= 4 is 23.4 Å². The minimum atomic E-state index is -0.604. The first-order valence-corrected chi connectivity index (χ1v) is 17.3. The fourth-order valence-corrected chi connectivity index (χ4v) is 6.42. The molecule has 3 N–H and O–H groups in total. The van der Waals surface area contributed by atoms with E-state index in [0.717, 1.165) is 61.1 Å². The van der Waals surface area contributed by atoms with Gasteiger partial charge in [-0.3, -0.25) is 4.90 Å². The van der Waals surface area contributed by atoms with E-state index in [1.54, 1.807) is 24.5 Å². The smallest absolute Gasteiger partial charge is 0.323 e. The van der Waals surface area contributed by atoms with Crippen molar-refractivity contribution in [2.75, 3.05) is 48.3 Å². The summed E-state index contributed by atoms with van der Waals surface area (Å²) in [7, 11) is 0. The highest BCUT2D eigenvalue weighted by molar-refractivity contribution is 5.99. The van der Waals surface area contributed by atoms with Crippen molar-refractivity contribution in [3.63, 3.8) is 0 Å². The molecular formula is C40H42N6O5. The molecule has 7 rings (SSSR count). The lowest BCUT2D eigenvalue weighted by Crippen LogP contribution is -2.51. The molecule has 2 amide bonds. The first-order chi connectivity index (χ1) is 25.0. The molecule has 4 atom stereocenters. The Morgan fingerprint density at radius 2 is 1.37 bits per heavy atom. The number of rotatable bonds is 10. The van der Waals surface area contributed by atoms with Gasteiger partial charge in [-0.1, -0.05) is 61.5 Å². The van der Waals surface area contributed by atoms with E-state index in [1.807, 2.05) is 97.1 Å². The summed E-state index contributed by atoms with van der Waals surface area (Å²) in [6.07, 6.45) is 2.64. The third kappa shape index (κ3) is 8.70. The number of benzene rings is 4. The second-order valence-corrected chi connectivity index (χ2v) is 12.8. The highest BCUT2D eigenvalue weighted by Crippen LogP contribution is 2.42. The summed E-state index contributed by atoms with van der Waals surface area (Å²) in [5.41, 5.74) is 4.03. The van der Waals surface area contributed by atoms with Crippen LogP contribution in [-0.2, 0) is 16.1 Å². The number of ether oxygens (including phenoxy) is 3. The van der Waals surface area contributed by atoms with Crippen LogP contribution in [-0.4, -0.2) is 64.8 Å². The maximum absolute atomic E-state index is 12.8. The van der Waals surface area contributed by atoms with Crippen LogP contribution in [0.3, 0.4) is 0 Å². The highest BCUT2D eigenvalue weighted by atomic mass is 16.7. The van der Waals surface area contributed by atoms with Gasteiger partial charge in [-0.15, -0.1) is 0 Å². The molecule has 51 heavy (non-hydrogen) atoms. The van der Waals surface area contributed by atoms with Gasteiger partial charge < -0.3 is 34.9 Å². The summed E-state index contributed by atoms with van der Waals surface area (Å²) in [4.78, 5) is 26.3. The van der Waals surface area contributed by atoms with Crippen molar-refractivity contribution in [3.05, 3.63) is 138 Å². The number of hydrogen-bond donors (Lipinski definition) is 3. The summed E-state index contributed by atoms with van der Waals surface area (Å²) in [6, 6.07) is 33.7. The van der Waals surface area contributed by atoms with E-state index in [-0.39, 0.29) is 30.8 Å². The quantitative estimate of drug-likeness (QED) is 0.142. The third-order valence-electron chi connectivity index (χ3n) is 9.30. The number of carbonyl (C=O) groups excluding carboxylic acids is 1. The molecule has 1 aromatic heterocycles. The summed E-state index contributed by atoms with van der Waals surface area (Å²) >= 11 is 0. The Morgan fingerprint density at radius 1 is 0.765 bits per heavy atom. The van der Waals surface area contributed by atoms with E-state index in [4.69, 9.17) is 14.2 Å². The Bertz CT molecular complexity index is 1840. The largest absolute Gasteiger partial charge is 0.457 e. The highest BCUT2D eigenvalue weighted by Gasteiger charge is 2.39. The van der Waals surface area contributed by atoms with Crippen molar-refractivity contribution < 1.29 is 24.1 Å². The van der Waals surface area contributed by atoms with Gasteiger partial charge in [0.25, 0.3) is 0 Å². The van der Waals surface area contributed by atoms with Crippen molar-refractivity contribution in [3.8, 4) is 11.5 Å². The van der Waals surface area contributed by atoms with Crippen LogP contribution in [0.5, 0.6) is 11.5 Å². The molecule has 4 aromatic carbocycles. The number of hydrogen-bond acceptors (Lipinski definition) is 9. The van der Waals surface area contributed by atoms with Gasteiger partial charge in [0.1, 0.15) is 11.5 Å². The molecule has 0 saturated carbocycles. The molecule has 11 heteroatoms. The monoisotopic (exact) mass is 686 g/mol. The molecule has 2 aliphatic rings. The van der Waals surface area contributed by atoms with Crippen LogP contribution in [0.2, 0.25) is 0 Å². The number of aliphatic hydroxyl groups is 1. The standard InChI is InChI=1S/C40H42N6O5/c1-28-36(26-45-22-24-46(25-23-45)39-41-20-5-21-42-39)50-38(51-37(28)30-10-8-29(27-47)9-11-30)31-12-14-32(15-13-31)43-40(48)44-33-16-18-35(19-17-33)49-34-6-3-2-4-7-34/h2-21,28,36-38,47H,22-27H2,1H3,(H2,43,44,48)/t28-,36+,37+,38+/m0/s1. The molecule has 262 valence electrons. The van der Waals surface area contributed by atoms with E-state index >= 15 is 0 Å². The molecule has 0 radical (unpaired) electrons. The van der Waals surface area contributed by atoms with E-state index in [2.05, 4.69) is 37.3 Å². The number of aliphatic hydroxyl groups excluding tert-OH is 1. The molecule has 0 bridgehead atoms. The van der Waals surface area contributed by atoms with Gasteiger partial charge in [-0.2, -0.15) is 0 Å². The van der Waals surface area contributed by atoms with Gasteiger partial charge in [0.15, 0.2) is 6.29 Å². The Morgan fingerprint density at radius 3 is 2.02 bits per heavy atom. The molecule has 2 aliphatic heterocycles. The average Bonchev–Trinajstić information content (AvgIpc) is 3.18. The Kier molecular flexibility index (Phi) is 10.8. The minimum Gasteiger partial charge on any atom is -0.457 e. The number of carbonyl (C=O) groups is 1. The zero-order valence-corrected chi connectivity index (χ0v) is 28.5. The molecule has 3 heterocycles. The molecule has 2 fully saturated rings. The SMILES string of the molecule is C[C@H]1[C@@H](CN2CCN(c3ncccn3)CC2)O[C@@H](c2ccc(NC(=O)Nc3ccc(Oc4ccccc4)cc3)cc2)O[C@H]1c1ccc(CO)cc1. The Balaban J connectivity index is 0.991. The van der Waals surface area contributed by atoms with Crippen molar-refractivity contribution in [1.82, 2.24) is 14.9 Å². The number of anilines is 3. The summed E-state index contributed by atoms with van der Waals surface area (Å²) < 4.78 is 19.2. The van der Waals surface area contributed by atoms with Crippen LogP contribution >= 0.6 is 0 Å². The predicted octanol–water partition coefficient (Wildman–Crippen LogP) is 7.02. The van der Waals surface area contributed by atoms with E-state index in [1.165, 1.54) is 0 Å². The van der Waals surface area contributed by atoms with Crippen LogP contribution in [0.1, 0.15) is 36.0 Å². The number of nitrogens with zero attached hydrogens (tertiary/aromatic N) is 4. The van der Waals surface area contributed by atoms with Crippen LogP contribution in [0.25, 0.3) is 0 Å².